The van der Waals surface area contributed by atoms with Gasteiger partial charge < -0.3 is 15.5 Å². The van der Waals surface area contributed by atoms with Gasteiger partial charge in [-0.1, -0.05) is 25.1 Å². The molecule has 5 nitrogen and oxygen atoms in total. The average molecular weight is 315 g/mol. The molecule has 2 heterocycles. The molecule has 0 saturated carbocycles. The standard InChI is InChI=1S/C18H25N3O2/c1-12-3-6-16(21(10-12)18(23)17(19)22)14-4-5-15-11-20(2)8-7-13(15)9-14/h4-5,9,12,16H,3,6-8,10-11H2,1-2H3,(H2,19,22). The molecule has 1 fully saturated rings. The quantitative estimate of drug-likeness (QED) is 0.798. The average Bonchev–Trinajstić information content (AvgIpc) is 2.53. The summed E-state index contributed by atoms with van der Waals surface area (Å²) in [5.41, 5.74) is 9.10. The number of carbonyl (C=O) groups is 2. The molecule has 2 N–H and O–H groups in total. The van der Waals surface area contributed by atoms with Crippen LogP contribution in [0.25, 0.3) is 0 Å². The van der Waals surface area contributed by atoms with Gasteiger partial charge in [-0.05, 0) is 48.9 Å². The maximum atomic E-state index is 12.2. The van der Waals surface area contributed by atoms with Crippen molar-refractivity contribution in [2.75, 3.05) is 20.1 Å². The number of amides is 2. The molecule has 0 aliphatic carbocycles. The highest BCUT2D eigenvalue weighted by Crippen LogP contribution is 2.34. The Labute approximate surface area is 137 Å². The number of carbonyl (C=O) groups excluding carboxylic acids is 2. The van der Waals surface area contributed by atoms with Gasteiger partial charge in [-0.15, -0.1) is 0 Å². The lowest BCUT2D eigenvalue weighted by molar-refractivity contribution is -0.147. The van der Waals surface area contributed by atoms with E-state index in [1.54, 1.807) is 4.90 Å². The van der Waals surface area contributed by atoms with Crippen LogP contribution in [0.5, 0.6) is 0 Å². The fraction of sp³-hybridized carbons (Fsp3) is 0.556. The number of hydrogen-bond donors (Lipinski definition) is 1. The van der Waals surface area contributed by atoms with Crippen molar-refractivity contribution >= 4 is 11.8 Å². The van der Waals surface area contributed by atoms with Crippen LogP contribution in [0.2, 0.25) is 0 Å². The van der Waals surface area contributed by atoms with E-state index in [0.29, 0.717) is 12.5 Å². The third kappa shape index (κ3) is 3.24. The summed E-state index contributed by atoms with van der Waals surface area (Å²) in [6.07, 6.45) is 2.98. The molecule has 5 heteroatoms. The fourth-order valence-electron chi connectivity index (χ4n) is 3.79. The third-order valence-corrected chi connectivity index (χ3v) is 5.11. The number of primary amides is 1. The first-order valence-electron chi connectivity index (χ1n) is 8.36. The molecule has 124 valence electrons. The summed E-state index contributed by atoms with van der Waals surface area (Å²) < 4.78 is 0. The zero-order valence-electron chi connectivity index (χ0n) is 13.9. The number of nitrogens with two attached hydrogens (primary N) is 1. The van der Waals surface area contributed by atoms with Crippen LogP contribution in [0.3, 0.4) is 0 Å². The van der Waals surface area contributed by atoms with E-state index in [9.17, 15) is 9.59 Å². The summed E-state index contributed by atoms with van der Waals surface area (Å²) in [6.45, 7) is 4.75. The van der Waals surface area contributed by atoms with Crippen LogP contribution in [-0.4, -0.2) is 41.8 Å². The van der Waals surface area contributed by atoms with E-state index in [4.69, 9.17) is 5.73 Å². The van der Waals surface area contributed by atoms with E-state index in [-0.39, 0.29) is 6.04 Å². The molecule has 3 rings (SSSR count). The van der Waals surface area contributed by atoms with Crippen molar-refractivity contribution in [3.63, 3.8) is 0 Å². The molecule has 0 radical (unpaired) electrons. The summed E-state index contributed by atoms with van der Waals surface area (Å²) in [5.74, 6) is -1.01. The molecule has 0 bridgehead atoms. The Hall–Kier alpha value is -1.88. The van der Waals surface area contributed by atoms with Crippen molar-refractivity contribution in [1.82, 2.24) is 9.80 Å². The molecule has 0 aromatic heterocycles. The maximum absolute atomic E-state index is 12.2. The van der Waals surface area contributed by atoms with Crippen molar-refractivity contribution in [3.8, 4) is 0 Å². The monoisotopic (exact) mass is 315 g/mol. The molecular weight excluding hydrogens is 290 g/mol. The molecule has 0 spiro atoms. The largest absolute Gasteiger partial charge is 0.361 e. The van der Waals surface area contributed by atoms with E-state index < -0.39 is 11.8 Å². The van der Waals surface area contributed by atoms with E-state index in [1.807, 2.05) is 0 Å². The summed E-state index contributed by atoms with van der Waals surface area (Å²) in [7, 11) is 2.13. The van der Waals surface area contributed by atoms with Gasteiger partial charge in [0, 0.05) is 19.6 Å². The van der Waals surface area contributed by atoms with Gasteiger partial charge in [-0.25, -0.2) is 0 Å². The number of piperidine rings is 1. The second-order valence-corrected chi connectivity index (χ2v) is 7.04. The second kappa shape index (κ2) is 6.32. The van der Waals surface area contributed by atoms with Gasteiger partial charge in [0.05, 0.1) is 6.04 Å². The predicted molar refractivity (Wildman–Crippen MR) is 88.5 cm³/mol. The Morgan fingerprint density at radius 2 is 2.00 bits per heavy atom. The van der Waals surface area contributed by atoms with Crippen LogP contribution < -0.4 is 5.73 Å². The lowest BCUT2D eigenvalue weighted by Gasteiger charge is -2.38. The first-order valence-corrected chi connectivity index (χ1v) is 8.36. The summed E-state index contributed by atoms with van der Waals surface area (Å²) in [6, 6.07) is 6.48. The molecule has 1 saturated heterocycles. The molecule has 2 aliphatic rings. The van der Waals surface area contributed by atoms with Gasteiger partial charge in [-0.3, -0.25) is 9.59 Å². The van der Waals surface area contributed by atoms with Crippen LogP contribution in [0.1, 0.15) is 42.5 Å². The van der Waals surface area contributed by atoms with Crippen LogP contribution in [0.4, 0.5) is 0 Å². The van der Waals surface area contributed by atoms with Gasteiger partial charge in [0.15, 0.2) is 0 Å². The lowest BCUT2D eigenvalue weighted by atomic mass is 9.87. The van der Waals surface area contributed by atoms with Crippen molar-refractivity contribution in [3.05, 3.63) is 34.9 Å². The van der Waals surface area contributed by atoms with Gasteiger partial charge in [0.25, 0.3) is 0 Å². The first kappa shape index (κ1) is 16.0. The van der Waals surface area contributed by atoms with Crippen LogP contribution in [0.15, 0.2) is 18.2 Å². The van der Waals surface area contributed by atoms with E-state index >= 15 is 0 Å². The number of likely N-dealkylation sites (tertiary alicyclic amines) is 1. The Bertz CT molecular complexity index is 629. The van der Waals surface area contributed by atoms with Gasteiger partial charge in [-0.2, -0.15) is 0 Å². The number of rotatable bonds is 1. The Kier molecular flexibility index (Phi) is 4.39. The number of fused-ring (bicyclic) bond motifs is 1. The number of nitrogens with zero attached hydrogens (tertiary/aromatic N) is 2. The Balaban J connectivity index is 1.89. The summed E-state index contributed by atoms with van der Waals surface area (Å²) in [5, 5.41) is 0. The molecular formula is C18H25N3O2. The van der Waals surface area contributed by atoms with Crippen molar-refractivity contribution in [2.24, 2.45) is 11.7 Å². The zero-order chi connectivity index (χ0) is 16.6. The molecule has 1 aromatic rings. The van der Waals surface area contributed by atoms with Crippen molar-refractivity contribution in [2.45, 2.75) is 38.8 Å². The first-order chi connectivity index (χ1) is 11.0. The highest BCUT2D eigenvalue weighted by atomic mass is 16.2. The second-order valence-electron chi connectivity index (χ2n) is 7.04. The Morgan fingerprint density at radius 3 is 2.74 bits per heavy atom. The summed E-state index contributed by atoms with van der Waals surface area (Å²) >= 11 is 0. The zero-order valence-corrected chi connectivity index (χ0v) is 13.9. The third-order valence-electron chi connectivity index (χ3n) is 5.11. The lowest BCUT2D eigenvalue weighted by Crippen LogP contribution is -2.47. The van der Waals surface area contributed by atoms with Crippen LogP contribution in [-0.2, 0) is 22.6 Å². The van der Waals surface area contributed by atoms with Crippen molar-refractivity contribution in [1.29, 1.82) is 0 Å². The van der Waals surface area contributed by atoms with Crippen molar-refractivity contribution < 1.29 is 9.59 Å². The van der Waals surface area contributed by atoms with E-state index in [2.05, 4.69) is 37.1 Å². The molecule has 1 aromatic carbocycles. The van der Waals surface area contributed by atoms with E-state index in [1.165, 1.54) is 11.1 Å². The van der Waals surface area contributed by atoms with E-state index in [0.717, 1.165) is 37.9 Å². The predicted octanol–water partition coefficient (Wildman–Crippen LogP) is 1.46. The smallest absolute Gasteiger partial charge is 0.312 e. The fourth-order valence-corrected chi connectivity index (χ4v) is 3.79. The molecule has 2 aliphatic heterocycles. The molecule has 2 amide bonds. The highest BCUT2D eigenvalue weighted by Gasteiger charge is 2.33. The minimum atomic E-state index is -0.858. The SMILES string of the molecule is CC1CCC(c2ccc3c(c2)CCN(C)C3)N(C(=O)C(N)=O)C1. The maximum Gasteiger partial charge on any atom is 0.312 e. The Morgan fingerprint density at radius 1 is 1.22 bits per heavy atom. The molecule has 2 unspecified atom stereocenters. The number of likely N-dealkylation sites (N-methyl/N-ethyl adjacent to an activating group) is 1. The van der Waals surface area contributed by atoms with Gasteiger partial charge >= 0.3 is 11.8 Å². The van der Waals surface area contributed by atoms with Gasteiger partial charge in [0.1, 0.15) is 0 Å². The van der Waals surface area contributed by atoms with Crippen LogP contribution in [0, 0.1) is 5.92 Å². The molecule has 23 heavy (non-hydrogen) atoms. The molecule has 2 atom stereocenters. The topological polar surface area (TPSA) is 66.6 Å². The summed E-state index contributed by atoms with van der Waals surface area (Å²) in [4.78, 5) is 27.6. The minimum Gasteiger partial charge on any atom is -0.361 e. The van der Waals surface area contributed by atoms with Gasteiger partial charge in [0.2, 0.25) is 0 Å². The normalized spacial score (nSPS) is 25.0. The number of benzene rings is 1. The van der Waals surface area contributed by atoms with Crippen LogP contribution >= 0.6 is 0 Å². The highest BCUT2D eigenvalue weighted by molar-refractivity contribution is 6.34. The minimum absolute atomic E-state index is 0.0313. The number of hydrogen-bond acceptors (Lipinski definition) is 3.